The second-order valence-corrected chi connectivity index (χ2v) is 24.1. The maximum atomic E-state index is 10.4. The second-order valence-electron chi connectivity index (χ2n) is 24.1. The molecule has 35 heteroatoms. The molecule has 1 heterocycles. The molecule has 91 heavy (non-hydrogen) atoms. The molecule has 0 bridgehead atoms. The van der Waals surface area contributed by atoms with Gasteiger partial charge in [-0.1, -0.05) is 27.2 Å². The first-order chi connectivity index (χ1) is 40.7. The molecule has 1 saturated heterocycles. The summed E-state index contributed by atoms with van der Waals surface area (Å²) in [6, 6.07) is 0. The summed E-state index contributed by atoms with van der Waals surface area (Å²) in [5, 5.41) is 221. The molecule has 1 aliphatic heterocycles. The number of carbonyl (C=O) groups is 8. The lowest BCUT2D eigenvalue weighted by Gasteiger charge is -2.34. The van der Waals surface area contributed by atoms with Crippen LogP contribution in [0.3, 0.4) is 0 Å². The number of hydrogen-bond donors (Lipinski definition) is 26. The summed E-state index contributed by atoms with van der Waals surface area (Å²) in [5.41, 5.74) is -8.66. The van der Waals surface area contributed by atoms with E-state index in [9.17, 15) is 53.7 Å². The van der Waals surface area contributed by atoms with Crippen LogP contribution in [0.25, 0.3) is 0 Å². The first kappa shape index (κ1) is 99.6. The van der Waals surface area contributed by atoms with E-state index in [0.29, 0.717) is 45.1 Å². The van der Waals surface area contributed by atoms with Crippen LogP contribution in [0.1, 0.15) is 186 Å². The Morgan fingerprint density at radius 2 is 0.692 bits per heavy atom. The van der Waals surface area contributed by atoms with E-state index < -0.39 is 129 Å². The summed E-state index contributed by atoms with van der Waals surface area (Å²) in [6.45, 7) is 19.2. The molecule has 3 saturated carbocycles. The van der Waals surface area contributed by atoms with Crippen molar-refractivity contribution in [3.8, 4) is 0 Å². The summed E-state index contributed by atoms with van der Waals surface area (Å²) in [5.74, 6) is -13.6. The molecule has 2 unspecified atom stereocenters. The van der Waals surface area contributed by atoms with Gasteiger partial charge in [0, 0.05) is 11.8 Å². The number of aliphatic carboxylic acids is 8. The average molecular weight is 1340 g/mol. The Morgan fingerprint density at radius 1 is 0.429 bits per heavy atom. The number of hydrogen-bond acceptors (Lipinski definition) is 27. The van der Waals surface area contributed by atoms with Gasteiger partial charge in [0.15, 0.2) is 41.2 Å². The van der Waals surface area contributed by atoms with E-state index in [4.69, 9.17) is 117 Å². The third-order valence-electron chi connectivity index (χ3n) is 13.5. The van der Waals surface area contributed by atoms with Crippen LogP contribution in [0.4, 0.5) is 0 Å². The molecule has 0 radical (unpaired) electrons. The highest BCUT2D eigenvalue weighted by atomic mass is 16.6. The highest BCUT2D eigenvalue weighted by molar-refractivity contribution is 5.83. The van der Waals surface area contributed by atoms with Gasteiger partial charge in [-0.3, -0.25) is 0 Å². The second kappa shape index (κ2) is 47.0. The molecule has 544 valence electrons. The standard InChI is InChI=1S/C7H12O3.C7H16O2.C6H10O4.C6H10O3.C6H14O2.C5H10O2.C5H12O2.2C4H6O6.C4H8O3.C2H6O2/c8-6(9)7(10)4-2-1-3-5-7;1-5-7(4,9)6(2,3)8;7-5(8)6(9)3-1-2-4-10-6;7-5(8)6(9)3-1-2-4-6;1-5(2,7)6(3,4)8;6-4-2-1-3-5(4)7;1-5(2,3-6)4-7;2*5-1(3(7)8)2(6)4(9)10;1-4(2,7)3(5)6;3-1-2-4/h10H,1-5H2,(H,8,9);8-9H,5H2,1-4H3;9H,1-4H2,(H,7,8);9H,1-4H2,(H,7,8);7-8H,1-4H3;4-7H,1-3H2;6-7H,3-4H2,1-2H3;2*1-2,5-6H,(H,7,8)(H,9,10);7H,1-2H3,(H,5,6);3-4H,1-2H2/t;;;;;4-,5+;;1-,2+;1-,2-;;/m........0../s1. The van der Waals surface area contributed by atoms with Crippen molar-refractivity contribution in [2.24, 2.45) is 5.41 Å². The molecule has 4 fully saturated rings. The van der Waals surface area contributed by atoms with Crippen molar-refractivity contribution in [2.75, 3.05) is 33.0 Å². The Kier molecular flexibility index (Phi) is 51.4. The number of carboxylic acids is 8. The maximum Gasteiger partial charge on any atom is 0.364 e. The van der Waals surface area contributed by atoms with Crippen LogP contribution >= 0.6 is 0 Å². The predicted octanol–water partition coefficient (Wildman–Crippen LogP) is -2.99. The molecule has 4 rings (SSSR count). The number of rotatable bonds is 16. The van der Waals surface area contributed by atoms with E-state index in [1.54, 1.807) is 62.3 Å². The topological polar surface area (TPSA) is 672 Å². The van der Waals surface area contributed by atoms with Crippen LogP contribution in [0.2, 0.25) is 0 Å². The molecular formula is C56H110O35. The average Bonchev–Trinajstić information content (AvgIpc) is 2.52. The van der Waals surface area contributed by atoms with Gasteiger partial charge in [0.2, 0.25) is 0 Å². The van der Waals surface area contributed by atoms with Gasteiger partial charge in [0.25, 0.3) is 5.79 Å². The van der Waals surface area contributed by atoms with Crippen molar-refractivity contribution in [3.05, 3.63) is 0 Å². The summed E-state index contributed by atoms with van der Waals surface area (Å²) < 4.78 is 4.68. The summed E-state index contributed by atoms with van der Waals surface area (Å²) in [4.78, 5) is 79.9. The molecule has 4 aliphatic rings. The van der Waals surface area contributed by atoms with Crippen LogP contribution in [0.15, 0.2) is 0 Å². The fraction of sp³-hybridized carbons (Fsp3) is 0.857. The number of carboxylic acid groups (broad SMARTS) is 8. The normalized spacial score (nSPS) is 20.7. The SMILES string of the molecule is CC(C)(CO)CO.CC(C)(O)C(=O)O.CC(C)(O)C(C)(C)O.CCC(C)(O)C(C)(C)O.O=C(O)C1(O)CCCC1.O=C(O)C1(O)CCCCC1.O=C(O)C1(O)CCCCO1.O=C(O)[C@@H](O)[C@@H](O)C(=O)O.O=C(O)[C@@H](O)[C@H](O)C(=O)O.OCCO.O[C@@H]1CCC[C@@H]1O. The first-order valence-corrected chi connectivity index (χ1v) is 28.5. The van der Waals surface area contributed by atoms with Crippen molar-refractivity contribution in [3.63, 3.8) is 0 Å². The molecule has 0 aromatic heterocycles. The van der Waals surface area contributed by atoms with Gasteiger partial charge in [0.05, 0.1) is 67.6 Å². The van der Waals surface area contributed by atoms with Gasteiger partial charge >= 0.3 is 47.8 Å². The van der Waals surface area contributed by atoms with Gasteiger partial charge < -0.3 is 138 Å². The van der Waals surface area contributed by atoms with E-state index in [0.717, 1.165) is 57.8 Å². The van der Waals surface area contributed by atoms with E-state index in [-0.39, 0.29) is 38.3 Å². The van der Waals surface area contributed by atoms with Crippen LogP contribution < -0.4 is 0 Å². The minimum Gasteiger partial charge on any atom is -0.479 e. The first-order valence-electron chi connectivity index (χ1n) is 28.5. The van der Waals surface area contributed by atoms with E-state index in [2.05, 4.69) is 4.74 Å². The van der Waals surface area contributed by atoms with Gasteiger partial charge in [-0.15, -0.1) is 0 Å². The number of ether oxygens (including phenoxy) is 1. The minimum absolute atomic E-state index is 0.0451. The zero-order chi connectivity index (χ0) is 74.1. The summed E-state index contributed by atoms with van der Waals surface area (Å²) >= 11 is 0. The van der Waals surface area contributed by atoms with E-state index in [1.165, 1.54) is 13.8 Å². The zero-order valence-electron chi connectivity index (χ0n) is 54.1. The molecule has 0 spiro atoms. The van der Waals surface area contributed by atoms with Gasteiger partial charge in [-0.25, -0.2) is 38.4 Å². The highest BCUT2D eigenvalue weighted by Crippen LogP contribution is 2.30. The molecular weight excluding hydrogens is 1230 g/mol. The predicted molar refractivity (Wildman–Crippen MR) is 315 cm³/mol. The Bertz CT molecular complexity index is 1880. The van der Waals surface area contributed by atoms with Crippen LogP contribution in [-0.4, -0.2) is 295 Å². The van der Waals surface area contributed by atoms with E-state index >= 15 is 0 Å². The fourth-order valence-electron chi connectivity index (χ4n) is 5.42. The van der Waals surface area contributed by atoms with Crippen molar-refractivity contribution in [1.82, 2.24) is 0 Å². The summed E-state index contributed by atoms with van der Waals surface area (Å²) in [7, 11) is 0. The van der Waals surface area contributed by atoms with Gasteiger partial charge in [0.1, 0.15) is 0 Å². The molecule has 0 aromatic carbocycles. The molecule has 35 nitrogen and oxygen atoms in total. The Balaban J connectivity index is -0.000000172. The lowest BCUT2D eigenvalue weighted by Crippen LogP contribution is -2.46. The lowest BCUT2D eigenvalue weighted by atomic mass is 9.85. The van der Waals surface area contributed by atoms with Crippen LogP contribution in [0.5, 0.6) is 0 Å². The fourth-order valence-corrected chi connectivity index (χ4v) is 5.42. The Labute approximate surface area is 528 Å². The Morgan fingerprint density at radius 3 is 0.791 bits per heavy atom. The van der Waals surface area contributed by atoms with Crippen molar-refractivity contribution in [1.29, 1.82) is 0 Å². The van der Waals surface area contributed by atoms with Crippen molar-refractivity contribution >= 4 is 47.8 Å². The highest BCUT2D eigenvalue weighted by Gasteiger charge is 2.41. The molecule has 8 atom stereocenters. The van der Waals surface area contributed by atoms with Crippen molar-refractivity contribution < 1.29 is 176 Å². The minimum atomic E-state index is -2.27. The molecule has 26 N–H and O–H groups in total. The van der Waals surface area contributed by atoms with Gasteiger partial charge in [-0.2, -0.15) is 0 Å². The van der Waals surface area contributed by atoms with Crippen LogP contribution in [0, 0.1) is 5.41 Å². The quantitative estimate of drug-likeness (QED) is 0.0732. The molecule has 0 amide bonds. The molecule has 0 aromatic rings. The Hall–Kier alpha value is -5.00. The summed E-state index contributed by atoms with van der Waals surface area (Å²) in [6.07, 6.45) is 0.981. The lowest BCUT2D eigenvalue weighted by molar-refractivity contribution is -0.235. The third-order valence-corrected chi connectivity index (χ3v) is 13.5. The zero-order valence-corrected chi connectivity index (χ0v) is 54.1. The number of aliphatic hydroxyl groups excluding tert-OH is 10. The molecule has 3 aliphatic carbocycles. The monoisotopic (exact) mass is 1340 g/mol. The maximum absolute atomic E-state index is 10.4. The van der Waals surface area contributed by atoms with Crippen LogP contribution in [-0.2, 0) is 43.1 Å². The van der Waals surface area contributed by atoms with Gasteiger partial charge in [-0.05, 0) is 152 Å². The number of aliphatic hydroxyl groups is 18. The van der Waals surface area contributed by atoms with E-state index in [1.807, 2.05) is 6.92 Å². The largest absolute Gasteiger partial charge is 0.479 e. The smallest absolute Gasteiger partial charge is 0.364 e. The third kappa shape index (κ3) is 48.4. The van der Waals surface area contributed by atoms with Crippen molar-refractivity contribution in [2.45, 2.75) is 267 Å².